The molecule has 0 aliphatic carbocycles. The van der Waals surface area contributed by atoms with Gasteiger partial charge in [0.2, 0.25) is 0 Å². The Bertz CT molecular complexity index is 448. The number of nitrogens with two attached hydrogens (primary N) is 1. The van der Waals surface area contributed by atoms with Crippen LogP contribution in [0.1, 0.15) is 36.8 Å². The molecule has 0 aliphatic rings. The van der Waals surface area contributed by atoms with Crippen LogP contribution in [-0.4, -0.2) is 24.9 Å². The number of hydrogen-bond donors (Lipinski definition) is 1. The summed E-state index contributed by atoms with van der Waals surface area (Å²) in [4.78, 5) is 23.1. The molecule has 4 nitrogen and oxygen atoms in total. The third-order valence-corrected chi connectivity index (χ3v) is 2.85. The maximum atomic E-state index is 11.6. The predicted molar refractivity (Wildman–Crippen MR) is 72.7 cm³/mol. The van der Waals surface area contributed by atoms with E-state index >= 15 is 0 Å². The summed E-state index contributed by atoms with van der Waals surface area (Å²) >= 11 is 0. The molecule has 1 aromatic rings. The van der Waals surface area contributed by atoms with Crippen molar-refractivity contribution >= 4 is 11.8 Å². The Labute approximate surface area is 145 Å². The Morgan fingerprint density at radius 2 is 2.05 bits per heavy atom. The van der Waals surface area contributed by atoms with E-state index in [1.807, 2.05) is 19.1 Å². The van der Waals surface area contributed by atoms with Gasteiger partial charge in [0.25, 0.3) is 0 Å². The van der Waals surface area contributed by atoms with Gasteiger partial charge in [-0.25, -0.2) is 0 Å². The number of carbonyl (C=O) groups excluding carboxylic acids is 2. The first-order chi connectivity index (χ1) is 9.06. The van der Waals surface area contributed by atoms with Crippen molar-refractivity contribution in [2.45, 2.75) is 32.6 Å². The van der Waals surface area contributed by atoms with Crippen molar-refractivity contribution in [3.05, 3.63) is 35.4 Å². The van der Waals surface area contributed by atoms with Crippen LogP contribution in [-0.2, 0) is 47.0 Å². The maximum Gasteiger partial charge on any atom is 0.305 e. The van der Waals surface area contributed by atoms with E-state index in [-0.39, 0.29) is 69.8 Å². The number of carbonyl (C=O) groups is 2. The summed E-state index contributed by atoms with van der Waals surface area (Å²) in [6.45, 7) is 4.05. The molecule has 1 atom stereocenters. The van der Waals surface area contributed by atoms with Crippen LogP contribution in [0.4, 0.5) is 0 Å². The van der Waals surface area contributed by atoms with Crippen LogP contribution in [0.15, 0.2) is 18.2 Å². The van der Waals surface area contributed by atoms with Crippen molar-refractivity contribution in [3.63, 3.8) is 0 Å². The molecule has 2 N–H and O–H groups in total. The predicted octanol–water partition coefficient (Wildman–Crippen LogP) is 1.75. The van der Waals surface area contributed by atoms with Gasteiger partial charge in [-0.15, -0.1) is 0 Å². The minimum absolute atomic E-state index is 0. The first-order valence-corrected chi connectivity index (χ1v) is 6.41. The Balaban J connectivity index is 0.00000361. The molecule has 1 rings (SSSR count). The van der Waals surface area contributed by atoms with Gasteiger partial charge in [0.15, 0.2) is 0 Å². The zero-order valence-electron chi connectivity index (χ0n) is 12.0. The summed E-state index contributed by atoms with van der Waals surface area (Å²) < 4.78 is 4.95. The van der Waals surface area contributed by atoms with Crippen molar-refractivity contribution in [1.29, 1.82) is 0 Å². The molecular weight excluding hydrogens is 331 g/mol. The van der Waals surface area contributed by atoms with Crippen molar-refractivity contribution in [2.24, 2.45) is 5.73 Å². The van der Waals surface area contributed by atoms with Gasteiger partial charge in [-0.3, -0.25) is 9.59 Å². The van der Waals surface area contributed by atoms with Crippen molar-refractivity contribution < 1.29 is 47.0 Å². The van der Waals surface area contributed by atoms with Gasteiger partial charge in [-0.2, -0.15) is 35.4 Å². The van der Waals surface area contributed by atoms with Gasteiger partial charge in [-0.05, 0) is 12.8 Å². The minimum Gasteiger partial charge on any atom is -0.466 e. The second kappa shape index (κ2) is 10.2. The monoisotopic (exact) mass is 351 g/mol. The third kappa shape index (κ3) is 6.73. The zero-order chi connectivity index (χ0) is 14.3. The van der Waals surface area contributed by atoms with Crippen LogP contribution >= 0.6 is 0 Å². The van der Waals surface area contributed by atoms with Gasteiger partial charge >= 0.3 is 5.97 Å². The fourth-order valence-corrected chi connectivity index (χ4v) is 1.94. The van der Waals surface area contributed by atoms with E-state index in [4.69, 9.17) is 10.5 Å². The Kier molecular flexibility index (Phi) is 9.90. The summed E-state index contributed by atoms with van der Waals surface area (Å²) in [5.41, 5.74) is 7.32. The molecular formula is C15H20NO3Y-. The molecule has 0 saturated carbocycles. The van der Waals surface area contributed by atoms with Crippen LogP contribution < -0.4 is 5.73 Å². The molecule has 0 heterocycles. The number of ketones is 1. The smallest absolute Gasteiger partial charge is 0.305 e. The second-order valence-electron chi connectivity index (χ2n) is 4.50. The van der Waals surface area contributed by atoms with Crippen molar-refractivity contribution in [1.82, 2.24) is 0 Å². The largest absolute Gasteiger partial charge is 0.466 e. The van der Waals surface area contributed by atoms with Gasteiger partial charge in [-0.1, -0.05) is 6.92 Å². The normalized spacial score (nSPS) is 11.3. The molecule has 1 radical (unpaired) electrons. The van der Waals surface area contributed by atoms with Crippen molar-refractivity contribution in [2.75, 3.05) is 13.2 Å². The summed E-state index contributed by atoms with van der Waals surface area (Å²) in [5, 5.41) is 0. The molecule has 0 spiro atoms. The quantitative estimate of drug-likeness (QED) is 0.600. The van der Waals surface area contributed by atoms with Gasteiger partial charge < -0.3 is 10.5 Å². The average molecular weight is 351 g/mol. The van der Waals surface area contributed by atoms with Crippen LogP contribution in [0.5, 0.6) is 0 Å². The third-order valence-electron chi connectivity index (χ3n) is 2.85. The fraction of sp³-hybridized carbons (Fsp3) is 0.467. The number of aryl methyl sites for hydroxylation is 1. The molecule has 5 heteroatoms. The summed E-state index contributed by atoms with van der Waals surface area (Å²) in [5.74, 6) is -0.541. The first-order valence-electron chi connectivity index (χ1n) is 6.41. The van der Waals surface area contributed by atoms with Gasteiger partial charge in [0.05, 0.1) is 13.2 Å². The number of hydrogen-bond acceptors (Lipinski definition) is 4. The Hall–Kier alpha value is -0.576. The minimum atomic E-state index is -0.293. The molecule has 20 heavy (non-hydrogen) atoms. The number of ether oxygens (including phenoxy) is 1. The number of benzene rings is 1. The molecule has 1 aromatic carbocycles. The number of esters is 1. The standard InChI is InChI=1S/C15H20NO3.Y/c1-3-19-15(18)9-13(8-14(17)10-16)12-6-4-5-11(2)7-12;/h5-7,13H,3,8-10,16H2,1-2H3;/q-1;. The molecule has 0 aliphatic heterocycles. The van der Waals surface area contributed by atoms with E-state index in [2.05, 4.69) is 6.07 Å². The van der Waals surface area contributed by atoms with E-state index in [0.29, 0.717) is 6.61 Å². The fourth-order valence-electron chi connectivity index (χ4n) is 1.94. The first kappa shape index (κ1) is 19.4. The Morgan fingerprint density at radius 1 is 1.35 bits per heavy atom. The van der Waals surface area contributed by atoms with Gasteiger partial charge in [0.1, 0.15) is 5.78 Å². The number of rotatable bonds is 7. The SMILES string of the molecule is CCOC(=O)CC(CC(=O)CN)c1c[c-]cc(C)c1.[Y]. The van der Waals surface area contributed by atoms with E-state index in [1.54, 1.807) is 13.0 Å². The van der Waals surface area contributed by atoms with E-state index < -0.39 is 0 Å². The maximum absolute atomic E-state index is 11.6. The summed E-state index contributed by atoms with van der Waals surface area (Å²) in [7, 11) is 0. The zero-order valence-corrected chi connectivity index (χ0v) is 14.9. The van der Waals surface area contributed by atoms with Gasteiger partial charge in [0, 0.05) is 45.6 Å². The van der Waals surface area contributed by atoms with Crippen molar-refractivity contribution in [3.8, 4) is 0 Å². The molecule has 0 fully saturated rings. The topological polar surface area (TPSA) is 69.4 Å². The van der Waals surface area contributed by atoms with Crippen LogP contribution in [0.3, 0.4) is 0 Å². The molecule has 0 aromatic heterocycles. The molecule has 1 unspecified atom stereocenters. The van der Waals surface area contributed by atoms with E-state index in [0.717, 1.165) is 11.1 Å². The second-order valence-corrected chi connectivity index (χ2v) is 4.50. The Morgan fingerprint density at radius 3 is 2.60 bits per heavy atom. The van der Waals surface area contributed by atoms with Crippen LogP contribution in [0.25, 0.3) is 0 Å². The van der Waals surface area contributed by atoms with Crippen LogP contribution in [0, 0.1) is 13.0 Å². The number of Topliss-reactive ketones (excluding diaryl/α,β-unsaturated/α-hetero) is 1. The molecule has 0 bridgehead atoms. The average Bonchev–Trinajstić information content (AvgIpc) is 2.38. The van der Waals surface area contributed by atoms with Crippen LogP contribution in [0.2, 0.25) is 0 Å². The summed E-state index contributed by atoms with van der Waals surface area (Å²) in [6.07, 6.45) is 0.448. The molecule has 0 amide bonds. The van der Waals surface area contributed by atoms with E-state index in [9.17, 15) is 9.59 Å². The molecule has 107 valence electrons. The van der Waals surface area contributed by atoms with E-state index in [1.165, 1.54) is 0 Å². The molecule has 0 saturated heterocycles. The summed E-state index contributed by atoms with van der Waals surface area (Å²) in [6, 6.07) is 8.64.